The zero-order valence-corrected chi connectivity index (χ0v) is 18.1. The van der Waals surface area contributed by atoms with E-state index in [2.05, 4.69) is 11.8 Å². The van der Waals surface area contributed by atoms with Gasteiger partial charge < -0.3 is 9.64 Å². The van der Waals surface area contributed by atoms with Crippen LogP contribution in [-0.2, 0) is 14.8 Å². The minimum atomic E-state index is -3.40. The number of ether oxygens (including phenoxy) is 1. The van der Waals surface area contributed by atoms with Crippen LogP contribution in [0.3, 0.4) is 0 Å². The van der Waals surface area contributed by atoms with Gasteiger partial charge in [-0.15, -0.1) is 0 Å². The number of nitrogens with zero attached hydrogens (tertiary/aromatic N) is 2. The molecule has 3 aliphatic rings. The largest absolute Gasteiger partial charge is 0.376 e. The summed E-state index contributed by atoms with van der Waals surface area (Å²) in [5.74, 6) is 0.791. The summed E-state index contributed by atoms with van der Waals surface area (Å²) in [4.78, 5) is 3.01. The van der Waals surface area contributed by atoms with Crippen LogP contribution < -0.4 is 0 Å². The van der Waals surface area contributed by atoms with Crippen molar-refractivity contribution in [1.29, 1.82) is 0 Å². The van der Waals surface area contributed by atoms with Gasteiger partial charge in [-0.05, 0) is 68.5 Å². The monoisotopic (exact) mass is 406 g/mol. The van der Waals surface area contributed by atoms with Gasteiger partial charge in [0.2, 0.25) is 10.0 Å². The maximum atomic E-state index is 13.1. The summed E-state index contributed by atoms with van der Waals surface area (Å²) in [6.07, 6.45) is 5.85. The van der Waals surface area contributed by atoms with Gasteiger partial charge in [0.05, 0.1) is 17.6 Å². The first-order valence-corrected chi connectivity index (χ1v) is 12.2. The third-order valence-corrected chi connectivity index (χ3v) is 9.04. The molecule has 156 valence electrons. The molecule has 6 heteroatoms. The van der Waals surface area contributed by atoms with E-state index >= 15 is 0 Å². The van der Waals surface area contributed by atoms with Crippen LogP contribution in [0.4, 0.5) is 0 Å². The highest BCUT2D eigenvalue weighted by Crippen LogP contribution is 2.43. The van der Waals surface area contributed by atoms with Gasteiger partial charge in [-0.3, -0.25) is 0 Å². The zero-order valence-electron chi connectivity index (χ0n) is 17.3. The smallest absolute Gasteiger partial charge is 0.243 e. The molecule has 3 fully saturated rings. The Morgan fingerprint density at radius 3 is 2.64 bits per heavy atom. The normalized spacial score (nSPS) is 29.4. The van der Waals surface area contributed by atoms with Gasteiger partial charge in [0.25, 0.3) is 0 Å². The Morgan fingerprint density at radius 1 is 1.18 bits per heavy atom. The molecule has 0 unspecified atom stereocenters. The lowest BCUT2D eigenvalue weighted by atomic mass is 9.77. The molecule has 1 aromatic carbocycles. The second-order valence-corrected chi connectivity index (χ2v) is 11.2. The first-order chi connectivity index (χ1) is 13.4. The quantitative estimate of drug-likeness (QED) is 0.770. The molecule has 28 heavy (non-hydrogen) atoms. The van der Waals surface area contributed by atoms with Crippen LogP contribution in [-0.4, -0.2) is 63.1 Å². The van der Waals surface area contributed by atoms with E-state index in [4.69, 9.17) is 4.74 Å². The van der Waals surface area contributed by atoms with Gasteiger partial charge in [-0.25, -0.2) is 8.42 Å². The van der Waals surface area contributed by atoms with Gasteiger partial charge in [0, 0.05) is 26.2 Å². The molecule has 4 rings (SSSR count). The number of hydrogen-bond acceptors (Lipinski definition) is 4. The Kier molecular flexibility index (Phi) is 5.85. The minimum absolute atomic E-state index is 0.170. The average molecular weight is 407 g/mol. The molecule has 0 aromatic heterocycles. The third-order valence-electron chi connectivity index (χ3n) is 6.98. The molecule has 1 spiro atoms. The van der Waals surface area contributed by atoms with Crippen LogP contribution in [0.1, 0.15) is 44.6 Å². The number of benzene rings is 1. The summed E-state index contributed by atoms with van der Waals surface area (Å²) < 4.78 is 34.0. The fourth-order valence-corrected chi connectivity index (χ4v) is 6.95. The molecule has 0 N–H and O–H groups in total. The van der Waals surface area contributed by atoms with Crippen molar-refractivity contribution in [3.8, 4) is 0 Å². The number of likely N-dealkylation sites (tertiary alicyclic amines) is 1. The average Bonchev–Trinajstić information content (AvgIpc) is 3.04. The Labute approximate surface area is 170 Å². The fraction of sp³-hybridized carbons (Fsp3) is 0.727. The van der Waals surface area contributed by atoms with Crippen molar-refractivity contribution in [2.45, 2.75) is 57.0 Å². The highest BCUT2D eigenvalue weighted by molar-refractivity contribution is 7.89. The fourth-order valence-electron chi connectivity index (χ4n) is 5.29. The SMILES string of the molecule is Cc1ccccc1S(=O)(=O)N1CCC2(CC1)CO[C@@H](CN1CCC[C@@H](C)C1)C2. The first-order valence-electron chi connectivity index (χ1n) is 10.8. The highest BCUT2D eigenvalue weighted by atomic mass is 32.2. The van der Waals surface area contributed by atoms with Crippen LogP contribution in [0.2, 0.25) is 0 Å². The molecule has 3 saturated heterocycles. The van der Waals surface area contributed by atoms with Crippen LogP contribution in [0.15, 0.2) is 29.2 Å². The minimum Gasteiger partial charge on any atom is -0.376 e. The van der Waals surface area contributed by atoms with Crippen molar-refractivity contribution in [2.24, 2.45) is 11.3 Å². The van der Waals surface area contributed by atoms with Gasteiger partial charge in [-0.2, -0.15) is 4.31 Å². The van der Waals surface area contributed by atoms with Crippen molar-refractivity contribution in [3.05, 3.63) is 29.8 Å². The summed E-state index contributed by atoms with van der Waals surface area (Å²) in [6.45, 7) is 9.63. The Morgan fingerprint density at radius 2 is 1.93 bits per heavy atom. The molecule has 0 radical (unpaired) electrons. The molecule has 0 saturated carbocycles. The van der Waals surface area contributed by atoms with Gasteiger partial charge in [-0.1, -0.05) is 25.1 Å². The van der Waals surface area contributed by atoms with Crippen molar-refractivity contribution in [2.75, 3.05) is 39.3 Å². The molecule has 0 bridgehead atoms. The summed E-state index contributed by atoms with van der Waals surface area (Å²) in [5.41, 5.74) is 0.993. The van der Waals surface area contributed by atoms with Gasteiger partial charge in [0.15, 0.2) is 0 Å². The maximum absolute atomic E-state index is 13.1. The van der Waals surface area contributed by atoms with E-state index in [0.717, 1.165) is 43.9 Å². The van der Waals surface area contributed by atoms with Crippen LogP contribution >= 0.6 is 0 Å². The molecule has 2 atom stereocenters. The zero-order chi connectivity index (χ0) is 19.8. The van der Waals surface area contributed by atoms with Crippen molar-refractivity contribution in [3.63, 3.8) is 0 Å². The second kappa shape index (κ2) is 8.05. The van der Waals surface area contributed by atoms with E-state index in [1.807, 2.05) is 25.1 Å². The lowest BCUT2D eigenvalue weighted by Crippen LogP contribution is -2.44. The lowest BCUT2D eigenvalue weighted by Gasteiger charge is -2.38. The number of hydrogen-bond donors (Lipinski definition) is 0. The Bertz CT molecular complexity index is 787. The predicted molar refractivity (Wildman–Crippen MR) is 111 cm³/mol. The number of piperidine rings is 2. The third kappa shape index (κ3) is 4.16. The number of rotatable bonds is 4. The topological polar surface area (TPSA) is 49.9 Å². The van der Waals surface area contributed by atoms with E-state index in [1.54, 1.807) is 10.4 Å². The van der Waals surface area contributed by atoms with E-state index in [-0.39, 0.29) is 5.41 Å². The Balaban J connectivity index is 1.34. The van der Waals surface area contributed by atoms with Gasteiger partial charge >= 0.3 is 0 Å². The molecule has 5 nitrogen and oxygen atoms in total. The van der Waals surface area contributed by atoms with Crippen molar-refractivity contribution >= 4 is 10.0 Å². The van der Waals surface area contributed by atoms with Crippen molar-refractivity contribution in [1.82, 2.24) is 9.21 Å². The van der Waals surface area contributed by atoms with Crippen LogP contribution in [0.5, 0.6) is 0 Å². The predicted octanol–water partition coefficient (Wildman–Crippen LogP) is 3.29. The Hall–Kier alpha value is -0.950. The van der Waals surface area contributed by atoms with E-state index < -0.39 is 10.0 Å². The molecular formula is C22H34N2O3S. The second-order valence-electron chi connectivity index (χ2n) is 9.31. The summed E-state index contributed by atoms with van der Waals surface area (Å²) in [5, 5.41) is 0. The number of sulfonamides is 1. The van der Waals surface area contributed by atoms with Crippen LogP contribution in [0.25, 0.3) is 0 Å². The molecule has 3 aliphatic heterocycles. The summed E-state index contributed by atoms with van der Waals surface area (Å²) in [7, 11) is -3.40. The molecule has 0 aliphatic carbocycles. The molecule has 3 heterocycles. The number of aryl methyl sites for hydroxylation is 1. The first kappa shape index (κ1) is 20.3. The summed E-state index contributed by atoms with van der Waals surface area (Å²) in [6, 6.07) is 7.29. The molecule has 1 aromatic rings. The molecular weight excluding hydrogens is 372 g/mol. The standard InChI is InChI=1S/C22H34N2O3S/c1-18-6-5-11-23(15-18)16-20-14-22(17-27-20)9-12-24(13-10-22)28(25,26)21-8-4-3-7-19(21)2/h3-4,7-8,18,20H,5-6,9-17H2,1-2H3/t18-,20-/m1/s1. The van der Waals surface area contributed by atoms with Gasteiger partial charge in [0.1, 0.15) is 0 Å². The lowest BCUT2D eigenvalue weighted by molar-refractivity contribution is 0.0482. The summed E-state index contributed by atoms with van der Waals surface area (Å²) >= 11 is 0. The van der Waals surface area contributed by atoms with E-state index in [9.17, 15) is 8.42 Å². The van der Waals surface area contributed by atoms with E-state index in [1.165, 1.54) is 25.9 Å². The van der Waals surface area contributed by atoms with E-state index in [0.29, 0.717) is 24.1 Å². The van der Waals surface area contributed by atoms with Crippen LogP contribution in [0, 0.1) is 18.3 Å². The maximum Gasteiger partial charge on any atom is 0.243 e. The van der Waals surface area contributed by atoms with Crippen molar-refractivity contribution < 1.29 is 13.2 Å². The molecule has 0 amide bonds. The highest BCUT2D eigenvalue weighted by Gasteiger charge is 2.44.